The van der Waals surface area contributed by atoms with Crippen molar-refractivity contribution in [3.8, 4) is 22.6 Å². The molecule has 7 nitrogen and oxygen atoms in total. The number of hydrogen-bond donors (Lipinski definition) is 1. The second-order valence-corrected chi connectivity index (χ2v) is 10.5. The standard InChI is InChI=1S/C24H27N3O4S/c1-2-32(28,29)27-9-6-20(7-10-27)26-22-14-19(13-18-5-8-25-16-21(18)22)17-3-4-23-24(15-17)31-12-11-30-23/h3-5,8,13-16,20,26H,2,6-7,9-12H2,1H3. The molecule has 168 valence electrons. The van der Waals surface area contributed by atoms with E-state index in [1.807, 2.05) is 30.5 Å². The molecule has 0 spiro atoms. The lowest BCUT2D eigenvalue weighted by atomic mass is 9.99. The number of anilines is 1. The molecule has 2 aliphatic rings. The number of nitrogens with zero attached hydrogens (tertiary/aromatic N) is 2. The number of sulfonamides is 1. The van der Waals surface area contributed by atoms with E-state index < -0.39 is 10.0 Å². The summed E-state index contributed by atoms with van der Waals surface area (Å²) in [4.78, 5) is 4.32. The minimum Gasteiger partial charge on any atom is -0.486 e. The highest BCUT2D eigenvalue weighted by Crippen LogP contribution is 2.37. The third-order valence-electron chi connectivity index (χ3n) is 6.20. The predicted octanol–water partition coefficient (Wildman–Crippen LogP) is 3.90. The average molecular weight is 454 g/mol. The Morgan fingerprint density at radius 1 is 1.03 bits per heavy atom. The molecule has 1 aromatic heterocycles. The quantitative estimate of drug-likeness (QED) is 0.631. The van der Waals surface area contributed by atoms with Gasteiger partial charge < -0.3 is 14.8 Å². The molecule has 0 radical (unpaired) electrons. The predicted molar refractivity (Wildman–Crippen MR) is 126 cm³/mol. The Morgan fingerprint density at radius 3 is 2.59 bits per heavy atom. The van der Waals surface area contributed by atoms with Gasteiger partial charge in [-0.05, 0) is 66.6 Å². The summed E-state index contributed by atoms with van der Waals surface area (Å²) in [5.74, 6) is 1.69. The second kappa shape index (κ2) is 8.60. The maximum atomic E-state index is 12.2. The van der Waals surface area contributed by atoms with Gasteiger partial charge in [0.25, 0.3) is 0 Å². The van der Waals surface area contributed by atoms with Crippen LogP contribution < -0.4 is 14.8 Å². The molecule has 0 bridgehead atoms. The number of hydrogen-bond acceptors (Lipinski definition) is 6. The van der Waals surface area contributed by atoms with Gasteiger partial charge in [0.2, 0.25) is 10.0 Å². The van der Waals surface area contributed by atoms with Crippen LogP contribution in [-0.2, 0) is 10.0 Å². The van der Waals surface area contributed by atoms with Crippen LogP contribution in [0, 0.1) is 0 Å². The summed E-state index contributed by atoms with van der Waals surface area (Å²) in [6.45, 7) is 3.92. The molecule has 1 N–H and O–H groups in total. The molecule has 2 aliphatic heterocycles. The molecular formula is C24H27N3O4S. The fourth-order valence-electron chi connectivity index (χ4n) is 4.39. The first-order valence-corrected chi connectivity index (χ1v) is 12.7. The summed E-state index contributed by atoms with van der Waals surface area (Å²) in [7, 11) is -3.13. The lowest BCUT2D eigenvalue weighted by Gasteiger charge is -2.32. The van der Waals surface area contributed by atoms with E-state index >= 15 is 0 Å². The largest absolute Gasteiger partial charge is 0.486 e. The van der Waals surface area contributed by atoms with Crippen LogP contribution in [0.5, 0.6) is 11.5 Å². The molecule has 3 aromatic rings. The minimum absolute atomic E-state index is 0.152. The molecule has 0 saturated carbocycles. The SMILES string of the molecule is CCS(=O)(=O)N1CCC(Nc2cc(-c3ccc4c(c3)OCCO4)cc3ccncc23)CC1. The van der Waals surface area contributed by atoms with E-state index in [9.17, 15) is 8.42 Å². The Morgan fingerprint density at radius 2 is 1.81 bits per heavy atom. The average Bonchev–Trinajstić information content (AvgIpc) is 2.84. The monoisotopic (exact) mass is 453 g/mol. The van der Waals surface area contributed by atoms with Gasteiger partial charge in [-0.3, -0.25) is 4.98 Å². The van der Waals surface area contributed by atoms with Crippen LogP contribution in [0.2, 0.25) is 0 Å². The van der Waals surface area contributed by atoms with E-state index in [0.29, 0.717) is 26.3 Å². The molecule has 2 aromatic carbocycles. The van der Waals surface area contributed by atoms with Crippen molar-refractivity contribution in [3.63, 3.8) is 0 Å². The number of nitrogens with one attached hydrogen (secondary N) is 1. The number of ether oxygens (including phenoxy) is 2. The number of rotatable bonds is 5. The van der Waals surface area contributed by atoms with Crippen molar-refractivity contribution in [3.05, 3.63) is 48.8 Å². The van der Waals surface area contributed by atoms with Crippen molar-refractivity contribution in [1.82, 2.24) is 9.29 Å². The van der Waals surface area contributed by atoms with Gasteiger partial charge in [0.1, 0.15) is 13.2 Å². The third kappa shape index (κ3) is 4.12. The van der Waals surface area contributed by atoms with E-state index in [4.69, 9.17) is 9.47 Å². The van der Waals surface area contributed by atoms with E-state index in [1.165, 1.54) is 0 Å². The van der Waals surface area contributed by atoms with Gasteiger partial charge in [-0.1, -0.05) is 6.07 Å². The molecular weight excluding hydrogens is 426 g/mol. The Bertz CT molecular complexity index is 1240. The minimum atomic E-state index is -3.13. The maximum absolute atomic E-state index is 12.2. The maximum Gasteiger partial charge on any atom is 0.213 e. The molecule has 0 amide bonds. The molecule has 0 atom stereocenters. The first-order chi connectivity index (χ1) is 15.5. The highest BCUT2D eigenvalue weighted by atomic mass is 32.2. The van der Waals surface area contributed by atoms with Gasteiger partial charge in [0.05, 0.1) is 5.75 Å². The Hall–Kier alpha value is -2.84. The van der Waals surface area contributed by atoms with Gasteiger partial charge in [0.15, 0.2) is 11.5 Å². The fraction of sp³-hybridized carbons (Fsp3) is 0.375. The summed E-state index contributed by atoms with van der Waals surface area (Å²) in [5, 5.41) is 5.82. The van der Waals surface area contributed by atoms with Crippen molar-refractivity contribution in [2.45, 2.75) is 25.8 Å². The summed E-state index contributed by atoms with van der Waals surface area (Å²) in [6.07, 6.45) is 5.22. The lowest BCUT2D eigenvalue weighted by molar-refractivity contribution is 0.171. The van der Waals surface area contributed by atoms with E-state index in [-0.39, 0.29) is 11.8 Å². The van der Waals surface area contributed by atoms with Gasteiger partial charge in [-0.15, -0.1) is 0 Å². The normalized spacial score (nSPS) is 17.4. The fourth-order valence-corrected chi connectivity index (χ4v) is 5.52. The van der Waals surface area contributed by atoms with Crippen molar-refractivity contribution in [2.24, 2.45) is 0 Å². The lowest BCUT2D eigenvalue weighted by Crippen LogP contribution is -2.42. The first kappa shape index (κ1) is 21.0. The van der Waals surface area contributed by atoms with Crippen LogP contribution in [0.1, 0.15) is 19.8 Å². The number of benzene rings is 2. The molecule has 3 heterocycles. The van der Waals surface area contributed by atoms with Gasteiger partial charge in [-0.25, -0.2) is 12.7 Å². The van der Waals surface area contributed by atoms with Crippen molar-refractivity contribution in [1.29, 1.82) is 0 Å². The van der Waals surface area contributed by atoms with Crippen LogP contribution in [0.3, 0.4) is 0 Å². The highest BCUT2D eigenvalue weighted by Gasteiger charge is 2.27. The van der Waals surface area contributed by atoms with Crippen LogP contribution in [0.25, 0.3) is 21.9 Å². The second-order valence-electron chi connectivity index (χ2n) is 8.20. The Kier molecular flexibility index (Phi) is 5.65. The molecule has 1 saturated heterocycles. The van der Waals surface area contributed by atoms with Crippen molar-refractivity contribution in [2.75, 3.05) is 37.4 Å². The van der Waals surface area contributed by atoms with Crippen LogP contribution in [-0.4, -0.2) is 55.8 Å². The molecule has 1 fully saturated rings. The zero-order valence-corrected chi connectivity index (χ0v) is 18.9. The van der Waals surface area contributed by atoms with E-state index in [0.717, 1.165) is 51.9 Å². The van der Waals surface area contributed by atoms with Crippen molar-refractivity contribution >= 4 is 26.5 Å². The first-order valence-electron chi connectivity index (χ1n) is 11.1. The van der Waals surface area contributed by atoms with Gasteiger partial charge in [0, 0.05) is 42.6 Å². The Balaban J connectivity index is 1.43. The van der Waals surface area contributed by atoms with E-state index in [1.54, 1.807) is 17.4 Å². The molecule has 5 rings (SSSR count). The molecule has 8 heteroatoms. The topological polar surface area (TPSA) is 80.8 Å². The van der Waals surface area contributed by atoms with E-state index in [2.05, 4.69) is 22.4 Å². The number of piperidine rings is 1. The summed E-state index contributed by atoms with van der Waals surface area (Å²) in [5.41, 5.74) is 3.14. The smallest absolute Gasteiger partial charge is 0.213 e. The van der Waals surface area contributed by atoms with Gasteiger partial charge in [-0.2, -0.15) is 0 Å². The highest BCUT2D eigenvalue weighted by molar-refractivity contribution is 7.89. The third-order valence-corrected chi connectivity index (χ3v) is 8.08. The zero-order chi connectivity index (χ0) is 22.1. The summed E-state index contributed by atoms with van der Waals surface area (Å²) >= 11 is 0. The number of pyridine rings is 1. The molecule has 0 aliphatic carbocycles. The van der Waals surface area contributed by atoms with Crippen LogP contribution >= 0.6 is 0 Å². The number of fused-ring (bicyclic) bond motifs is 2. The Labute approximate surface area is 188 Å². The van der Waals surface area contributed by atoms with Crippen molar-refractivity contribution < 1.29 is 17.9 Å². The van der Waals surface area contributed by atoms with Gasteiger partial charge >= 0.3 is 0 Å². The molecule has 0 unspecified atom stereocenters. The van der Waals surface area contributed by atoms with Crippen LogP contribution in [0.4, 0.5) is 5.69 Å². The zero-order valence-electron chi connectivity index (χ0n) is 18.1. The van der Waals surface area contributed by atoms with Crippen LogP contribution in [0.15, 0.2) is 48.8 Å². The summed E-state index contributed by atoms with van der Waals surface area (Å²) < 4.78 is 37.4. The number of aromatic nitrogens is 1. The summed E-state index contributed by atoms with van der Waals surface area (Å²) in [6, 6.07) is 12.5. The molecule has 32 heavy (non-hydrogen) atoms.